The van der Waals surface area contributed by atoms with Crippen LogP contribution in [0.5, 0.6) is 0 Å². The Morgan fingerprint density at radius 2 is 2.28 bits per heavy atom. The number of hydrogen-bond acceptors (Lipinski definition) is 3. The van der Waals surface area contributed by atoms with Gasteiger partial charge in [0.1, 0.15) is 0 Å². The molecule has 0 radical (unpaired) electrons. The van der Waals surface area contributed by atoms with Gasteiger partial charge in [-0.1, -0.05) is 6.92 Å². The Bertz CT molecular complexity index is 296. The number of carbonyl (C=O) groups excluding carboxylic acids is 1. The maximum absolute atomic E-state index is 11.9. The Labute approximate surface area is 107 Å². The summed E-state index contributed by atoms with van der Waals surface area (Å²) in [5.74, 6) is -1.27. The van der Waals surface area contributed by atoms with Crippen LogP contribution in [0.3, 0.4) is 0 Å². The lowest BCUT2D eigenvalue weighted by molar-refractivity contribution is -0.141. The second-order valence-corrected chi connectivity index (χ2v) is 4.74. The molecule has 0 saturated carbocycles. The molecule has 18 heavy (non-hydrogen) atoms. The minimum absolute atomic E-state index is 0.0520. The van der Waals surface area contributed by atoms with Crippen LogP contribution in [0.4, 0.5) is 4.79 Å². The number of aliphatic carboxylic acids is 1. The standard InChI is InChI=1S/C12H22N2O4/c1-9(11(15)16)4-5-13-12(17)14-6-3-7-18-10(2)8-14/h9-10H,3-8H2,1-2H3,(H,13,17)(H,15,16). The molecule has 0 aromatic heterocycles. The van der Waals surface area contributed by atoms with Gasteiger partial charge in [-0.3, -0.25) is 4.79 Å². The second kappa shape index (κ2) is 7.20. The number of carboxylic acids is 1. The Morgan fingerprint density at radius 3 is 2.94 bits per heavy atom. The number of carboxylic acid groups (broad SMARTS) is 1. The van der Waals surface area contributed by atoms with Gasteiger partial charge in [0.2, 0.25) is 0 Å². The van der Waals surface area contributed by atoms with Crippen molar-refractivity contribution in [3.63, 3.8) is 0 Å². The lowest BCUT2D eigenvalue weighted by Gasteiger charge is -2.22. The molecule has 6 nitrogen and oxygen atoms in total. The zero-order valence-electron chi connectivity index (χ0n) is 11.0. The van der Waals surface area contributed by atoms with Crippen LogP contribution in [0.15, 0.2) is 0 Å². The van der Waals surface area contributed by atoms with E-state index in [0.29, 0.717) is 32.7 Å². The molecule has 2 N–H and O–H groups in total. The number of amides is 2. The van der Waals surface area contributed by atoms with E-state index in [4.69, 9.17) is 9.84 Å². The minimum atomic E-state index is -0.832. The molecule has 1 aliphatic rings. The number of nitrogens with one attached hydrogen (secondary N) is 1. The van der Waals surface area contributed by atoms with Gasteiger partial charge in [-0.25, -0.2) is 4.79 Å². The van der Waals surface area contributed by atoms with Crippen LogP contribution >= 0.6 is 0 Å². The molecule has 2 atom stereocenters. The number of hydrogen-bond donors (Lipinski definition) is 2. The molecule has 0 aromatic carbocycles. The van der Waals surface area contributed by atoms with E-state index in [1.165, 1.54) is 0 Å². The third-order valence-electron chi connectivity index (χ3n) is 3.01. The summed E-state index contributed by atoms with van der Waals surface area (Å²) >= 11 is 0. The summed E-state index contributed by atoms with van der Waals surface area (Å²) in [5.41, 5.74) is 0. The van der Waals surface area contributed by atoms with E-state index in [1.807, 2.05) is 6.92 Å². The smallest absolute Gasteiger partial charge is 0.317 e. The van der Waals surface area contributed by atoms with Crippen LogP contribution in [0, 0.1) is 5.92 Å². The molecular weight excluding hydrogens is 236 g/mol. The number of ether oxygens (including phenoxy) is 1. The maximum atomic E-state index is 11.9. The number of nitrogens with zero attached hydrogens (tertiary/aromatic N) is 1. The van der Waals surface area contributed by atoms with Gasteiger partial charge in [0.05, 0.1) is 12.0 Å². The van der Waals surface area contributed by atoms with Crippen molar-refractivity contribution in [3.05, 3.63) is 0 Å². The molecule has 0 bridgehead atoms. The highest BCUT2D eigenvalue weighted by Crippen LogP contribution is 2.06. The van der Waals surface area contributed by atoms with Crippen molar-refractivity contribution in [1.29, 1.82) is 0 Å². The molecule has 1 saturated heterocycles. The van der Waals surface area contributed by atoms with Crippen molar-refractivity contribution >= 4 is 12.0 Å². The third kappa shape index (κ3) is 4.91. The summed E-state index contributed by atoms with van der Waals surface area (Å²) in [7, 11) is 0. The van der Waals surface area contributed by atoms with E-state index in [0.717, 1.165) is 6.42 Å². The molecule has 1 fully saturated rings. The molecule has 1 rings (SSSR count). The summed E-state index contributed by atoms with van der Waals surface area (Å²) in [6.45, 7) is 5.92. The van der Waals surface area contributed by atoms with E-state index in [9.17, 15) is 9.59 Å². The average molecular weight is 258 g/mol. The lowest BCUT2D eigenvalue weighted by Crippen LogP contribution is -2.43. The molecule has 1 aliphatic heterocycles. The van der Waals surface area contributed by atoms with Crippen molar-refractivity contribution in [3.8, 4) is 0 Å². The fourth-order valence-corrected chi connectivity index (χ4v) is 1.81. The highest BCUT2D eigenvalue weighted by Gasteiger charge is 2.19. The largest absolute Gasteiger partial charge is 0.481 e. The first-order chi connectivity index (χ1) is 8.50. The van der Waals surface area contributed by atoms with Gasteiger partial charge in [-0.15, -0.1) is 0 Å². The van der Waals surface area contributed by atoms with E-state index in [1.54, 1.807) is 11.8 Å². The Balaban J connectivity index is 2.29. The summed E-state index contributed by atoms with van der Waals surface area (Å²) in [5, 5.41) is 11.5. The molecule has 0 aromatic rings. The van der Waals surface area contributed by atoms with E-state index in [-0.39, 0.29) is 12.1 Å². The Morgan fingerprint density at radius 1 is 1.56 bits per heavy atom. The average Bonchev–Trinajstić information content (AvgIpc) is 2.53. The lowest BCUT2D eigenvalue weighted by atomic mass is 10.1. The first kappa shape index (κ1) is 14.8. The fraction of sp³-hybridized carbons (Fsp3) is 0.833. The Kier molecular flexibility index (Phi) is 5.91. The van der Waals surface area contributed by atoms with Gasteiger partial charge in [-0.05, 0) is 19.8 Å². The van der Waals surface area contributed by atoms with Crippen molar-refractivity contribution in [1.82, 2.24) is 10.2 Å². The predicted octanol–water partition coefficient (Wildman–Crippen LogP) is 0.918. The number of urea groups is 1. The number of rotatable bonds is 4. The van der Waals surface area contributed by atoms with Gasteiger partial charge < -0.3 is 20.1 Å². The molecule has 104 valence electrons. The first-order valence-electron chi connectivity index (χ1n) is 6.38. The fourth-order valence-electron chi connectivity index (χ4n) is 1.81. The summed E-state index contributed by atoms with van der Waals surface area (Å²) in [4.78, 5) is 24.2. The molecular formula is C12H22N2O4. The van der Waals surface area contributed by atoms with Crippen LogP contribution < -0.4 is 5.32 Å². The van der Waals surface area contributed by atoms with Crippen LogP contribution in [0.1, 0.15) is 26.7 Å². The van der Waals surface area contributed by atoms with Crippen LogP contribution in [0.25, 0.3) is 0 Å². The van der Waals surface area contributed by atoms with Crippen molar-refractivity contribution in [2.75, 3.05) is 26.2 Å². The van der Waals surface area contributed by atoms with Crippen LogP contribution in [-0.2, 0) is 9.53 Å². The monoisotopic (exact) mass is 258 g/mol. The van der Waals surface area contributed by atoms with E-state index < -0.39 is 11.9 Å². The van der Waals surface area contributed by atoms with E-state index in [2.05, 4.69) is 5.32 Å². The quantitative estimate of drug-likeness (QED) is 0.786. The maximum Gasteiger partial charge on any atom is 0.317 e. The normalized spacial score (nSPS) is 22.1. The van der Waals surface area contributed by atoms with Crippen LogP contribution in [0.2, 0.25) is 0 Å². The van der Waals surface area contributed by atoms with E-state index >= 15 is 0 Å². The molecule has 6 heteroatoms. The molecule has 2 unspecified atom stereocenters. The predicted molar refractivity (Wildman–Crippen MR) is 66.4 cm³/mol. The summed E-state index contributed by atoms with van der Waals surface area (Å²) < 4.78 is 5.46. The highest BCUT2D eigenvalue weighted by molar-refractivity contribution is 5.74. The van der Waals surface area contributed by atoms with Gasteiger partial charge in [0, 0.05) is 26.2 Å². The molecule has 0 aliphatic carbocycles. The minimum Gasteiger partial charge on any atom is -0.481 e. The van der Waals surface area contributed by atoms with Crippen LogP contribution in [-0.4, -0.2) is 54.4 Å². The van der Waals surface area contributed by atoms with Crippen molar-refractivity contribution in [2.24, 2.45) is 5.92 Å². The molecule has 2 amide bonds. The first-order valence-corrected chi connectivity index (χ1v) is 6.38. The zero-order chi connectivity index (χ0) is 13.5. The zero-order valence-corrected chi connectivity index (χ0v) is 11.0. The van der Waals surface area contributed by atoms with Crippen molar-refractivity contribution in [2.45, 2.75) is 32.8 Å². The number of carbonyl (C=O) groups is 2. The molecule has 0 spiro atoms. The third-order valence-corrected chi connectivity index (χ3v) is 3.01. The SMILES string of the molecule is CC1CN(C(=O)NCCC(C)C(=O)O)CCCO1. The van der Waals surface area contributed by atoms with Crippen molar-refractivity contribution < 1.29 is 19.4 Å². The van der Waals surface area contributed by atoms with Gasteiger partial charge in [0.25, 0.3) is 0 Å². The summed E-state index contributed by atoms with van der Waals surface area (Å²) in [6, 6.07) is -0.134. The second-order valence-electron chi connectivity index (χ2n) is 4.74. The Hall–Kier alpha value is -1.30. The summed E-state index contributed by atoms with van der Waals surface area (Å²) in [6.07, 6.45) is 1.33. The molecule has 1 heterocycles. The van der Waals surface area contributed by atoms with Gasteiger partial charge in [0.15, 0.2) is 0 Å². The van der Waals surface area contributed by atoms with Gasteiger partial charge in [-0.2, -0.15) is 0 Å². The van der Waals surface area contributed by atoms with Gasteiger partial charge >= 0.3 is 12.0 Å². The topological polar surface area (TPSA) is 78.9 Å². The highest BCUT2D eigenvalue weighted by atomic mass is 16.5.